The summed E-state index contributed by atoms with van der Waals surface area (Å²) >= 11 is 0. The van der Waals surface area contributed by atoms with Crippen LogP contribution in [0.4, 0.5) is 0 Å². The van der Waals surface area contributed by atoms with E-state index in [0.29, 0.717) is 6.54 Å². The maximum atomic E-state index is 12.0. The zero-order valence-corrected chi connectivity index (χ0v) is 12.3. The zero-order valence-electron chi connectivity index (χ0n) is 10.7. The van der Waals surface area contributed by atoms with Gasteiger partial charge in [-0.3, -0.25) is 0 Å². The molecule has 0 aromatic rings. The summed E-state index contributed by atoms with van der Waals surface area (Å²) in [5.74, 6) is 0. The van der Waals surface area contributed by atoms with Crippen LogP contribution in [0.15, 0.2) is 0 Å². The van der Waals surface area contributed by atoms with E-state index < -0.39 is 20.2 Å². The Balaban J connectivity index is 2.44. The fraction of sp³-hybridized carbons (Fsp3) is 1.00. The molecule has 0 spiro atoms. The topological polar surface area (TPSA) is 95.6 Å². The summed E-state index contributed by atoms with van der Waals surface area (Å²) in [5.41, 5.74) is 0. The van der Waals surface area contributed by atoms with Crippen LogP contribution in [0.1, 0.15) is 26.2 Å². The molecule has 0 aromatic carbocycles. The molecule has 18 heavy (non-hydrogen) atoms. The predicted molar refractivity (Wildman–Crippen MR) is 69.8 cm³/mol. The molecule has 0 saturated carbocycles. The Morgan fingerprint density at radius 2 is 1.72 bits per heavy atom. The van der Waals surface area contributed by atoms with E-state index in [-0.39, 0.29) is 19.1 Å². The van der Waals surface area contributed by atoms with Gasteiger partial charge in [-0.1, -0.05) is 6.42 Å². The average molecular weight is 299 g/mol. The van der Waals surface area contributed by atoms with Crippen LogP contribution >= 0.6 is 0 Å². The first-order valence-electron chi connectivity index (χ1n) is 5.93. The molecule has 0 radical (unpaired) electrons. The monoisotopic (exact) mass is 299 g/mol. The SMILES string of the molecule is CC1CCCCN1S(=O)(=O)NCCNS(C)(=O)=O. The molecule has 0 aromatic heterocycles. The minimum absolute atomic E-state index is 0.000818. The number of sulfonamides is 1. The van der Waals surface area contributed by atoms with Gasteiger partial charge in [-0.15, -0.1) is 0 Å². The van der Waals surface area contributed by atoms with E-state index in [2.05, 4.69) is 9.44 Å². The maximum absolute atomic E-state index is 12.0. The van der Waals surface area contributed by atoms with Crippen molar-refractivity contribution in [2.24, 2.45) is 0 Å². The number of nitrogens with one attached hydrogen (secondary N) is 2. The van der Waals surface area contributed by atoms with Crippen molar-refractivity contribution < 1.29 is 16.8 Å². The van der Waals surface area contributed by atoms with Gasteiger partial charge in [-0.2, -0.15) is 12.7 Å². The van der Waals surface area contributed by atoms with Crippen LogP contribution in [0.3, 0.4) is 0 Å². The third-order valence-electron chi connectivity index (χ3n) is 2.82. The highest BCUT2D eigenvalue weighted by molar-refractivity contribution is 7.88. The lowest BCUT2D eigenvalue weighted by Crippen LogP contribution is -2.49. The third kappa shape index (κ3) is 5.19. The first-order valence-corrected chi connectivity index (χ1v) is 9.26. The van der Waals surface area contributed by atoms with Gasteiger partial charge in [0.2, 0.25) is 10.0 Å². The number of hydrogen-bond acceptors (Lipinski definition) is 4. The van der Waals surface area contributed by atoms with Crippen molar-refractivity contribution in [3.63, 3.8) is 0 Å². The van der Waals surface area contributed by atoms with Crippen LogP contribution in [0.25, 0.3) is 0 Å². The van der Waals surface area contributed by atoms with Crippen molar-refractivity contribution in [1.82, 2.24) is 13.7 Å². The van der Waals surface area contributed by atoms with Crippen LogP contribution in [0, 0.1) is 0 Å². The molecule has 1 unspecified atom stereocenters. The summed E-state index contributed by atoms with van der Waals surface area (Å²) in [6, 6.07) is -0.000818. The number of piperidine rings is 1. The third-order valence-corrected chi connectivity index (χ3v) is 5.28. The number of rotatable bonds is 6. The van der Waals surface area contributed by atoms with Crippen molar-refractivity contribution in [3.05, 3.63) is 0 Å². The van der Waals surface area contributed by atoms with Gasteiger partial charge in [-0.05, 0) is 19.8 Å². The van der Waals surface area contributed by atoms with Gasteiger partial charge < -0.3 is 0 Å². The standard InChI is InChI=1S/C9H21N3O4S2/c1-9-5-3-4-8-12(9)18(15,16)11-7-6-10-17(2,13)14/h9-11H,3-8H2,1-2H3. The van der Waals surface area contributed by atoms with Crippen molar-refractivity contribution in [2.75, 3.05) is 25.9 Å². The summed E-state index contributed by atoms with van der Waals surface area (Å²) < 4.78 is 51.6. The number of hydrogen-bond donors (Lipinski definition) is 2. The summed E-state index contributed by atoms with van der Waals surface area (Å²) in [5, 5.41) is 0. The molecule has 1 aliphatic rings. The second-order valence-corrected chi connectivity index (χ2v) is 8.06. The molecule has 0 bridgehead atoms. The quantitative estimate of drug-likeness (QED) is 0.631. The van der Waals surface area contributed by atoms with Gasteiger partial charge in [0.1, 0.15) is 0 Å². The molecule has 1 atom stereocenters. The van der Waals surface area contributed by atoms with Crippen LogP contribution in [-0.2, 0) is 20.2 Å². The Bertz CT molecular complexity index is 460. The Kier molecular flexibility index (Phi) is 5.53. The highest BCUT2D eigenvalue weighted by atomic mass is 32.2. The van der Waals surface area contributed by atoms with E-state index >= 15 is 0 Å². The molecule has 108 valence electrons. The van der Waals surface area contributed by atoms with Gasteiger partial charge in [0, 0.05) is 25.7 Å². The summed E-state index contributed by atoms with van der Waals surface area (Å²) in [7, 11) is -6.78. The maximum Gasteiger partial charge on any atom is 0.279 e. The van der Waals surface area contributed by atoms with E-state index in [1.54, 1.807) is 0 Å². The molecule has 1 saturated heterocycles. The van der Waals surface area contributed by atoms with Crippen molar-refractivity contribution in [3.8, 4) is 0 Å². The molecule has 1 fully saturated rings. The van der Waals surface area contributed by atoms with Crippen LogP contribution in [-0.4, -0.2) is 53.1 Å². The molecule has 0 aliphatic carbocycles. The summed E-state index contributed by atoms with van der Waals surface area (Å²) in [6.45, 7) is 2.52. The smallest absolute Gasteiger partial charge is 0.214 e. The normalized spacial score (nSPS) is 23.1. The highest BCUT2D eigenvalue weighted by Gasteiger charge is 2.28. The van der Waals surface area contributed by atoms with Gasteiger partial charge >= 0.3 is 0 Å². The van der Waals surface area contributed by atoms with E-state index in [1.165, 1.54) is 4.31 Å². The van der Waals surface area contributed by atoms with Gasteiger partial charge in [0.15, 0.2) is 0 Å². The first-order chi connectivity index (χ1) is 8.22. The Morgan fingerprint density at radius 1 is 1.11 bits per heavy atom. The first kappa shape index (κ1) is 15.8. The molecule has 9 heteroatoms. The van der Waals surface area contributed by atoms with Crippen LogP contribution in [0.5, 0.6) is 0 Å². The van der Waals surface area contributed by atoms with Gasteiger partial charge in [0.25, 0.3) is 10.2 Å². The fourth-order valence-electron chi connectivity index (χ4n) is 1.93. The molecular formula is C9H21N3O4S2. The van der Waals surface area contributed by atoms with Crippen molar-refractivity contribution >= 4 is 20.2 Å². The largest absolute Gasteiger partial charge is 0.279 e. The lowest BCUT2D eigenvalue weighted by Gasteiger charge is -2.32. The van der Waals surface area contributed by atoms with Crippen molar-refractivity contribution in [2.45, 2.75) is 32.2 Å². The van der Waals surface area contributed by atoms with Crippen LogP contribution < -0.4 is 9.44 Å². The molecule has 7 nitrogen and oxygen atoms in total. The summed E-state index contributed by atoms with van der Waals surface area (Å²) in [6.07, 6.45) is 3.81. The second-order valence-electron chi connectivity index (χ2n) is 4.52. The molecule has 1 rings (SSSR count). The molecule has 1 aliphatic heterocycles. The molecular weight excluding hydrogens is 278 g/mol. The van der Waals surface area contributed by atoms with Crippen molar-refractivity contribution in [1.29, 1.82) is 0 Å². The summed E-state index contributed by atoms with van der Waals surface area (Å²) in [4.78, 5) is 0. The lowest BCUT2D eigenvalue weighted by molar-refractivity contribution is 0.265. The Hall–Kier alpha value is -0.220. The Labute approximate surface area is 109 Å². The molecule has 1 heterocycles. The average Bonchev–Trinajstić information content (AvgIpc) is 2.24. The van der Waals surface area contributed by atoms with E-state index in [9.17, 15) is 16.8 Å². The molecule has 0 amide bonds. The lowest BCUT2D eigenvalue weighted by atomic mass is 10.1. The minimum atomic E-state index is -3.50. The predicted octanol–water partition coefficient (Wildman–Crippen LogP) is -0.756. The number of nitrogens with zero attached hydrogens (tertiary/aromatic N) is 1. The Morgan fingerprint density at radius 3 is 2.28 bits per heavy atom. The fourth-order valence-corrected chi connectivity index (χ4v) is 3.88. The van der Waals surface area contributed by atoms with Crippen LogP contribution in [0.2, 0.25) is 0 Å². The van der Waals surface area contributed by atoms with E-state index in [4.69, 9.17) is 0 Å². The highest BCUT2D eigenvalue weighted by Crippen LogP contribution is 2.18. The van der Waals surface area contributed by atoms with Gasteiger partial charge in [-0.25, -0.2) is 17.9 Å². The van der Waals surface area contributed by atoms with Gasteiger partial charge in [0.05, 0.1) is 6.26 Å². The van der Waals surface area contributed by atoms with E-state index in [0.717, 1.165) is 25.5 Å². The minimum Gasteiger partial charge on any atom is -0.214 e. The zero-order chi connectivity index (χ0) is 13.8. The second kappa shape index (κ2) is 6.29. The van der Waals surface area contributed by atoms with E-state index in [1.807, 2.05) is 6.92 Å². The molecule has 2 N–H and O–H groups in total.